The summed E-state index contributed by atoms with van der Waals surface area (Å²) in [5.74, 6) is 2.02. The minimum atomic E-state index is 0.510. The van der Waals surface area contributed by atoms with Gasteiger partial charge in [0.25, 0.3) is 0 Å². The van der Waals surface area contributed by atoms with Gasteiger partial charge in [0.1, 0.15) is 23.3 Å². The van der Waals surface area contributed by atoms with E-state index in [0.29, 0.717) is 10.8 Å². The molecule has 2 aromatic heterocycles. The van der Waals surface area contributed by atoms with Crippen LogP contribution in [0.5, 0.6) is 11.5 Å². The van der Waals surface area contributed by atoms with E-state index in [1.165, 1.54) is 11.3 Å². The highest BCUT2D eigenvalue weighted by atomic mass is 35.5. The van der Waals surface area contributed by atoms with Crippen LogP contribution in [0.25, 0.3) is 16.7 Å². The predicted molar refractivity (Wildman–Crippen MR) is 107 cm³/mol. The molecule has 0 unspecified atom stereocenters. The highest BCUT2D eigenvalue weighted by Crippen LogP contribution is 2.36. The summed E-state index contributed by atoms with van der Waals surface area (Å²) in [6.07, 6.45) is 4.74. The fourth-order valence-corrected chi connectivity index (χ4v) is 3.91. The molecule has 1 aliphatic rings. The Bertz CT molecular complexity index is 1130. The van der Waals surface area contributed by atoms with Crippen molar-refractivity contribution in [1.82, 2.24) is 14.5 Å². The molecule has 0 amide bonds. The molecule has 2 heterocycles. The Morgan fingerprint density at radius 2 is 1.63 bits per heavy atom. The van der Waals surface area contributed by atoms with E-state index in [4.69, 9.17) is 22.1 Å². The van der Waals surface area contributed by atoms with E-state index in [0.717, 1.165) is 47.5 Å². The van der Waals surface area contributed by atoms with Gasteiger partial charge in [0.2, 0.25) is 0 Å². The zero-order chi connectivity index (χ0) is 18.4. The maximum Gasteiger partial charge on any atom is 0.151 e. The number of fused-ring (bicyclic) bond motifs is 3. The molecule has 0 radical (unpaired) electrons. The first-order valence-corrected chi connectivity index (χ1v) is 9.25. The van der Waals surface area contributed by atoms with Gasteiger partial charge in [-0.05, 0) is 73.4 Å². The van der Waals surface area contributed by atoms with E-state index in [1.807, 2.05) is 48.5 Å². The van der Waals surface area contributed by atoms with Crippen molar-refractivity contribution in [3.8, 4) is 17.2 Å². The van der Waals surface area contributed by atoms with Gasteiger partial charge in [-0.1, -0.05) is 11.6 Å². The number of hydrogen-bond acceptors (Lipinski definition) is 4. The SMILES string of the molecule is Nc1ncnc2c3c(n(-c4ccc(Oc5ccc(Cl)cc5)cc4)c12)CCC3. The van der Waals surface area contributed by atoms with Crippen LogP contribution in [0.15, 0.2) is 54.9 Å². The lowest BCUT2D eigenvalue weighted by Crippen LogP contribution is -2.02. The molecule has 0 bridgehead atoms. The third kappa shape index (κ3) is 2.71. The Labute approximate surface area is 161 Å². The first-order chi connectivity index (χ1) is 13.2. The van der Waals surface area contributed by atoms with Crippen molar-refractivity contribution in [2.24, 2.45) is 0 Å². The Morgan fingerprint density at radius 3 is 2.37 bits per heavy atom. The number of benzene rings is 2. The normalized spacial score (nSPS) is 13.1. The molecule has 2 N–H and O–H groups in total. The second kappa shape index (κ2) is 6.28. The summed E-state index contributed by atoms with van der Waals surface area (Å²) in [6.45, 7) is 0. The lowest BCUT2D eigenvalue weighted by Gasteiger charge is -2.12. The van der Waals surface area contributed by atoms with E-state index < -0.39 is 0 Å². The van der Waals surface area contributed by atoms with Gasteiger partial charge >= 0.3 is 0 Å². The van der Waals surface area contributed by atoms with Crippen molar-refractivity contribution in [3.05, 3.63) is 71.1 Å². The number of nitrogens with zero attached hydrogens (tertiary/aromatic N) is 3. The minimum absolute atomic E-state index is 0.510. The van der Waals surface area contributed by atoms with Crippen LogP contribution in [0.2, 0.25) is 5.02 Å². The number of nitrogen functional groups attached to an aromatic ring is 1. The van der Waals surface area contributed by atoms with Gasteiger partial charge in [0.15, 0.2) is 5.82 Å². The van der Waals surface area contributed by atoms with Crippen LogP contribution < -0.4 is 10.5 Å². The van der Waals surface area contributed by atoms with E-state index in [9.17, 15) is 0 Å². The van der Waals surface area contributed by atoms with E-state index >= 15 is 0 Å². The molecule has 0 spiro atoms. The van der Waals surface area contributed by atoms with Gasteiger partial charge in [-0.25, -0.2) is 9.97 Å². The van der Waals surface area contributed by atoms with E-state index in [1.54, 1.807) is 6.33 Å². The number of halogens is 1. The average molecular weight is 377 g/mol. The molecule has 0 saturated heterocycles. The van der Waals surface area contributed by atoms with Gasteiger partial charge in [-0.15, -0.1) is 0 Å². The summed E-state index contributed by atoms with van der Waals surface area (Å²) in [5, 5.41) is 0.686. The summed E-state index contributed by atoms with van der Waals surface area (Å²) in [4.78, 5) is 8.69. The van der Waals surface area contributed by atoms with Crippen LogP contribution in [-0.4, -0.2) is 14.5 Å². The second-order valence-electron chi connectivity index (χ2n) is 6.62. The van der Waals surface area contributed by atoms with Gasteiger partial charge in [0.05, 0.1) is 5.52 Å². The summed E-state index contributed by atoms with van der Waals surface area (Å²) in [7, 11) is 0. The molecule has 2 aromatic carbocycles. The number of rotatable bonds is 3. The molecule has 0 fully saturated rings. The number of ether oxygens (including phenoxy) is 1. The molecule has 27 heavy (non-hydrogen) atoms. The molecule has 5 nitrogen and oxygen atoms in total. The van der Waals surface area contributed by atoms with Gasteiger partial charge in [-0.2, -0.15) is 0 Å². The van der Waals surface area contributed by atoms with E-state index in [-0.39, 0.29) is 0 Å². The first-order valence-electron chi connectivity index (χ1n) is 8.87. The fourth-order valence-electron chi connectivity index (χ4n) is 3.79. The number of aryl methyl sites for hydroxylation is 1. The van der Waals surface area contributed by atoms with Crippen molar-refractivity contribution in [2.75, 3.05) is 5.73 Å². The third-order valence-electron chi connectivity index (χ3n) is 4.96. The quantitative estimate of drug-likeness (QED) is 0.550. The van der Waals surface area contributed by atoms with Crippen LogP contribution >= 0.6 is 11.6 Å². The molecule has 134 valence electrons. The molecule has 5 rings (SSSR count). The van der Waals surface area contributed by atoms with Gasteiger partial charge in [-0.3, -0.25) is 0 Å². The van der Waals surface area contributed by atoms with Crippen molar-refractivity contribution in [3.63, 3.8) is 0 Å². The zero-order valence-corrected chi connectivity index (χ0v) is 15.3. The average Bonchev–Trinajstić information content (AvgIpc) is 3.26. The largest absolute Gasteiger partial charge is 0.457 e. The lowest BCUT2D eigenvalue weighted by molar-refractivity contribution is 0.482. The van der Waals surface area contributed by atoms with Crippen LogP contribution in [-0.2, 0) is 12.8 Å². The summed E-state index contributed by atoms with van der Waals surface area (Å²) in [5.41, 5.74) is 11.7. The van der Waals surface area contributed by atoms with Crippen molar-refractivity contribution < 1.29 is 4.74 Å². The second-order valence-corrected chi connectivity index (χ2v) is 7.06. The summed E-state index contributed by atoms with van der Waals surface area (Å²) in [6, 6.07) is 15.3. The highest BCUT2D eigenvalue weighted by molar-refractivity contribution is 6.30. The highest BCUT2D eigenvalue weighted by Gasteiger charge is 2.24. The van der Waals surface area contributed by atoms with Gasteiger partial charge < -0.3 is 15.0 Å². The number of anilines is 1. The zero-order valence-electron chi connectivity index (χ0n) is 14.5. The van der Waals surface area contributed by atoms with Gasteiger partial charge in [0, 0.05) is 16.4 Å². The number of hydrogen-bond donors (Lipinski definition) is 1. The smallest absolute Gasteiger partial charge is 0.151 e. The van der Waals surface area contributed by atoms with Crippen molar-refractivity contribution in [2.45, 2.75) is 19.3 Å². The molecule has 1 aliphatic carbocycles. The Morgan fingerprint density at radius 1 is 0.926 bits per heavy atom. The Hall–Kier alpha value is -3.05. The third-order valence-corrected chi connectivity index (χ3v) is 5.21. The number of aromatic nitrogens is 3. The van der Waals surface area contributed by atoms with Crippen LogP contribution in [0.3, 0.4) is 0 Å². The van der Waals surface area contributed by atoms with Crippen LogP contribution in [0.1, 0.15) is 17.7 Å². The van der Waals surface area contributed by atoms with Crippen LogP contribution in [0, 0.1) is 0 Å². The minimum Gasteiger partial charge on any atom is -0.457 e. The summed E-state index contributed by atoms with van der Waals surface area (Å²) < 4.78 is 8.09. The Kier molecular flexibility index (Phi) is 3.76. The first kappa shape index (κ1) is 16.1. The monoisotopic (exact) mass is 376 g/mol. The standard InChI is InChI=1S/C21H17ClN4O/c22-13-4-8-15(9-5-13)27-16-10-6-14(7-11-16)26-18-3-1-2-17(18)19-20(26)21(23)25-12-24-19/h4-12H,1-3H2,(H2,23,24,25). The molecule has 4 aromatic rings. The topological polar surface area (TPSA) is 66.0 Å². The molecular formula is C21H17ClN4O. The lowest BCUT2D eigenvalue weighted by atomic mass is 10.2. The maximum absolute atomic E-state index is 6.19. The Balaban J connectivity index is 1.55. The van der Waals surface area contributed by atoms with Crippen molar-refractivity contribution >= 4 is 28.5 Å². The predicted octanol–water partition coefficient (Wildman–Crippen LogP) is 4.94. The summed E-state index contributed by atoms with van der Waals surface area (Å²) >= 11 is 5.92. The maximum atomic E-state index is 6.19. The van der Waals surface area contributed by atoms with Crippen molar-refractivity contribution in [1.29, 1.82) is 0 Å². The van der Waals surface area contributed by atoms with Crippen LogP contribution in [0.4, 0.5) is 5.82 Å². The molecule has 0 atom stereocenters. The number of nitrogens with two attached hydrogens (primary N) is 1. The van der Waals surface area contributed by atoms with E-state index in [2.05, 4.69) is 14.5 Å². The fraction of sp³-hybridized carbons (Fsp3) is 0.143. The molecular weight excluding hydrogens is 360 g/mol. The molecule has 0 aliphatic heterocycles. The molecule has 0 saturated carbocycles. The molecule has 6 heteroatoms.